The average Bonchev–Trinajstić information content (AvgIpc) is 3.24. The Morgan fingerprint density at radius 3 is 2.84 bits per heavy atom. The van der Waals surface area contributed by atoms with E-state index in [9.17, 15) is 9.18 Å². The predicted molar refractivity (Wildman–Crippen MR) is 125 cm³/mol. The van der Waals surface area contributed by atoms with Gasteiger partial charge in [0.15, 0.2) is 0 Å². The van der Waals surface area contributed by atoms with Crippen LogP contribution in [-0.4, -0.2) is 47.0 Å². The van der Waals surface area contributed by atoms with Gasteiger partial charge in [0.05, 0.1) is 0 Å². The van der Waals surface area contributed by atoms with Crippen molar-refractivity contribution in [3.8, 4) is 0 Å². The molecule has 1 saturated heterocycles. The van der Waals surface area contributed by atoms with E-state index in [0.29, 0.717) is 18.2 Å². The Kier molecular flexibility index (Phi) is 5.86. The Labute approximate surface area is 186 Å². The molecule has 164 valence electrons. The molecule has 1 aliphatic heterocycles. The van der Waals surface area contributed by atoms with Gasteiger partial charge in [-0.25, -0.2) is 4.39 Å². The lowest BCUT2D eigenvalue weighted by molar-refractivity contribution is 0.0948. The molecule has 6 heteroatoms. The van der Waals surface area contributed by atoms with E-state index in [2.05, 4.69) is 20.2 Å². The fourth-order valence-electron chi connectivity index (χ4n) is 4.82. The van der Waals surface area contributed by atoms with Crippen LogP contribution in [-0.2, 0) is 0 Å². The van der Waals surface area contributed by atoms with Crippen LogP contribution in [0, 0.1) is 5.82 Å². The van der Waals surface area contributed by atoms with Crippen LogP contribution < -0.4 is 5.32 Å². The fraction of sp³-hybridized carbons (Fsp3) is 0.308. The summed E-state index contributed by atoms with van der Waals surface area (Å²) in [6.45, 7) is 3.68. The minimum absolute atomic E-state index is 0.115. The van der Waals surface area contributed by atoms with Gasteiger partial charge in [0, 0.05) is 35.2 Å². The zero-order chi connectivity index (χ0) is 21.9. The van der Waals surface area contributed by atoms with Crippen molar-refractivity contribution in [1.82, 2.24) is 20.2 Å². The summed E-state index contributed by atoms with van der Waals surface area (Å²) in [5.74, 6) is 0.183. The number of hydrogen-bond donors (Lipinski definition) is 2. The number of carbonyl (C=O) groups is 1. The Morgan fingerprint density at radius 1 is 1.12 bits per heavy atom. The van der Waals surface area contributed by atoms with Gasteiger partial charge in [-0.3, -0.25) is 9.78 Å². The standard InChI is InChI=1S/C26H27FN4O/c27-20-6-7-22-23(17-30-24(22)16-20)19-9-14-31(15-10-19)13-3-11-29-26(32)25-21-5-2-1-4-18(21)8-12-28-25/h1-2,4-8,12,16-17,19,30H,3,9-11,13-15H2,(H,29,32). The molecule has 2 aromatic carbocycles. The molecule has 0 radical (unpaired) electrons. The smallest absolute Gasteiger partial charge is 0.270 e. The first-order valence-corrected chi connectivity index (χ1v) is 11.3. The summed E-state index contributed by atoms with van der Waals surface area (Å²) in [7, 11) is 0. The third kappa shape index (κ3) is 4.23. The maximum atomic E-state index is 13.4. The van der Waals surface area contributed by atoms with Crippen LogP contribution >= 0.6 is 0 Å². The van der Waals surface area contributed by atoms with Crippen molar-refractivity contribution >= 4 is 27.6 Å². The van der Waals surface area contributed by atoms with Crippen molar-refractivity contribution in [3.63, 3.8) is 0 Å². The van der Waals surface area contributed by atoms with Crippen molar-refractivity contribution in [2.75, 3.05) is 26.2 Å². The van der Waals surface area contributed by atoms with Crippen LogP contribution in [0.25, 0.3) is 21.7 Å². The number of nitrogens with one attached hydrogen (secondary N) is 2. The Hall–Kier alpha value is -3.25. The molecule has 1 fully saturated rings. The molecule has 1 aliphatic rings. The lowest BCUT2D eigenvalue weighted by Gasteiger charge is -2.32. The highest BCUT2D eigenvalue weighted by atomic mass is 19.1. The SMILES string of the molecule is O=C(NCCCN1CCC(c2c[nH]c3cc(F)ccc23)CC1)c1nccc2ccccc12. The van der Waals surface area contributed by atoms with Crippen LogP contribution in [0.1, 0.15) is 41.2 Å². The van der Waals surface area contributed by atoms with Crippen LogP contribution in [0.4, 0.5) is 4.39 Å². The molecule has 5 nitrogen and oxygen atoms in total. The van der Waals surface area contributed by atoms with Gasteiger partial charge in [0.1, 0.15) is 11.5 Å². The Morgan fingerprint density at radius 2 is 1.97 bits per heavy atom. The topological polar surface area (TPSA) is 61.0 Å². The van der Waals surface area contributed by atoms with Crippen molar-refractivity contribution in [1.29, 1.82) is 0 Å². The number of rotatable bonds is 6. The van der Waals surface area contributed by atoms with Gasteiger partial charge in [-0.1, -0.05) is 24.3 Å². The number of pyridine rings is 1. The normalized spacial score (nSPS) is 15.4. The molecule has 2 N–H and O–H groups in total. The van der Waals surface area contributed by atoms with E-state index in [-0.39, 0.29) is 11.7 Å². The van der Waals surface area contributed by atoms with Crippen LogP contribution in [0.5, 0.6) is 0 Å². The molecule has 0 unspecified atom stereocenters. The van der Waals surface area contributed by atoms with Gasteiger partial charge in [-0.2, -0.15) is 0 Å². The second-order valence-corrected chi connectivity index (χ2v) is 8.54. The first-order chi connectivity index (χ1) is 15.7. The van der Waals surface area contributed by atoms with Crippen molar-refractivity contribution in [2.24, 2.45) is 0 Å². The number of amides is 1. The number of hydrogen-bond acceptors (Lipinski definition) is 3. The van der Waals surface area contributed by atoms with E-state index >= 15 is 0 Å². The summed E-state index contributed by atoms with van der Waals surface area (Å²) in [5.41, 5.74) is 2.66. The van der Waals surface area contributed by atoms with Gasteiger partial charge in [0.25, 0.3) is 5.91 Å². The molecule has 0 atom stereocenters. The lowest BCUT2D eigenvalue weighted by atomic mass is 9.89. The lowest BCUT2D eigenvalue weighted by Crippen LogP contribution is -2.35. The highest BCUT2D eigenvalue weighted by molar-refractivity contribution is 6.05. The van der Waals surface area contributed by atoms with E-state index in [0.717, 1.165) is 60.6 Å². The molecule has 0 spiro atoms. The van der Waals surface area contributed by atoms with Crippen molar-refractivity contribution in [2.45, 2.75) is 25.2 Å². The second kappa shape index (κ2) is 9.09. The summed E-state index contributed by atoms with van der Waals surface area (Å²) in [5, 5.41) is 6.07. The number of H-pyrrole nitrogens is 1. The van der Waals surface area contributed by atoms with E-state index < -0.39 is 0 Å². The van der Waals surface area contributed by atoms with Crippen molar-refractivity contribution in [3.05, 3.63) is 78.0 Å². The van der Waals surface area contributed by atoms with Gasteiger partial charge >= 0.3 is 0 Å². The molecule has 2 aromatic heterocycles. The van der Waals surface area contributed by atoms with Crippen LogP contribution in [0.3, 0.4) is 0 Å². The number of aromatic amines is 1. The van der Waals surface area contributed by atoms with E-state index in [1.54, 1.807) is 12.3 Å². The monoisotopic (exact) mass is 430 g/mol. The summed E-state index contributed by atoms with van der Waals surface area (Å²) in [6.07, 6.45) is 6.83. The molecule has 0 aliphatic carbocycles. The molecule has 0 saturated carbocycles. The second-order valence-electron chi connectivity index (χ2n) is 8.54. The summed E-state index contributed by atoms with van der Waals surface area (Å²) >= 11 is 0. The molecular formula is C26H27FN4O. The van der Waals surface area contributed by atoms with E-state index in [4.69, 9.17) is 0 Å². The molecule has 4 aromatic rings. The maximum absolute atomic E-state index is 13.4. The van der Waals surface area contributed by atoms with Crippen LogP contribution in [0.2, 0.25) is 0 Å². The first kappa shape index (κ1) is 20.6. The summed E-state index contributed by atoms with van der Waals surface area (Å²) < 4.78 is 13.4. The zero-order valence-corrected chi connectivity index (χ0v) is 18.0. The fourth-order valence-corrected chi connectivity index (χ4v) is 4.82. The van der Waals surface area contributed by atoms with E-state index in [1.807, 2.05) is 42.6 Å². The molecule has 3 heterocycles. The number of piperidine rings is 1. The average molecular weight is 431 g/mol. The number of fused-ring (bicyclic) bond motifs is 2. The van der Waals surface area contributed by atoms with Gasteiger partial charge in [-0.15, -0.1) is 0 Å². The Bertz CT molecular complexity index is 1240. The number of carbonyl (C=O) groups excluding carboxylic acids is 1. The number of aromatic nitrogens is 2. The summed E-state index contributed by atoms with van der Waals surface area (Å²) in [6, 6.07) is 14.7. The third-order valence-corrected chi connectivity index (χ3v) is 6.53. The highest BCUT2D eigenvalue weighted by Crippen LogP contribution is 2.33. The number of likely N-dealkylation sites (tertiary alicyclic amines) is 1. The quantitative estimate of drug-likeness (QED) is 0.430. The minimum atomic E-state index is -0.205. The van der Waals surface area contributed by atoms with Crippen molar-refractivity contribution < 1.29 is 9.18 Å². The predicted octanol–water partition coefficient (Wildman–Crippen LogP) is 4.85. The number of benzene rings is 2. The number of halogens is 1. The minimum Gasteiger partial charge on any atom is -0.361 e. The molecule has 1 amide bonds. The Balaban J connectivity index is 1.10. The van der Waals surface area contributed by atoms with Gasteiger partial charge < -0.3 is 15.2 Å². The molecule has 5 rings (SSSR count). The van der Waals surface area contributed by atoms with E-state index in [1.165, 1.54) is 11.6 Å². The van der Waals surface area contributed by atoms with Crippen LogP contribution in [0.15, 0.2) is 60.9 Å². The summed E-state index contributed by atoms with van der Waals surface area (Å²) in [4.78, 5) is 22.6. The van der Waals surface area contributed by atoms with Gasteiger partial charge in [-0.05, 0) is 80.0 Å². The third-order valence-electron chi connectivity index (χ3n) is 6.53. The highest BCUT2D eigenvalue weighted by Gasteiger charge is 2.22. The zero-order valence-electron chi connectivity index (χ0n) is 18.0. The maximum Gasteiger partial charge on any atom is 0.270 e. The largest absolute Gasteiger partial charge is 0.361 e. The molecule has 32 heavy (non-hydrogen) atoms. The van der Waals surface area contributed by atoms with Gasteiger partial charge in [0.2, 0.25) is 0 Å². The number of nitrogens with zero attached hydrogens (tertiary/aromatic N) is 2. The molecule has 0 bridgehead atoms. The first-order valence-electron chi connectivity index (χ1n) is 11.3. The molecular weight excluding hydrogens is 403 g/mol.